The fourth-order valence-electron chi connectivity index (χ4n) is 2.08. The highest BCUT2D eigenvalue weighted by Crippen LogP contribution is 2.11. The Hall–Kier alpha value is -2.43. The van der Waals surface area contributed by atoms with Gasteiger partial charge >= 0.3 is 5.97 Å². The summed E-state index contributed by atoms with van der Waals surface area (Å²) in [7, 11) is 0. The molecule has 0 amide bonds. The van der Waals surface area contributed by atoms with Crippen molar-refractivity contribution < 1.29 is 9.90 Å². The number of carbonyl (C=O) groups is 1. The maximum atomic E-state index is 11.7. The molecule has 2 rings (SSSR count). The Morgan fingerprint density at radius 2 is 1.95 bits per heavy atom. The number of benzene rings is 1. The normalized spacial score (nSPS) is 10.6. The molecule has 0 aliphatic heterocycles. The summed E-state index contributed by atoms with van der Waals surface area (Å²) in [4.78, 5) is 22.8. The number of unbranched alkanes of at least 4 members (excludes halogenated alkanes) is 1. The van der Waals surface area contributed by atoms with Gasteiger partial charge in [0, 0.05) is 11.8 Å². The number of aromatic nitrogens is 2. The molecule has 2 aromatic rings. The van der Waals surface area contributed by atoms with Crippen molar-refractivity contribution in [2.24, 2.45) is 0 Å². The largest absolute Gasteiger partial charge is 0.476 e. The quantitative estimate of drug-likeness (QED) is 0.917. The summed E-state index contributed by atoms with van der Waals surface area (Å²) in [6, 6.07) is 7.77. The van der Waals surface area contributed by atoms with Crippen LogP contribution in [0.1, 0.15) is 41.4 Å². The van der Waals surface area contributed by atoms with Gasteiger partial charge < -0.3 is 5.11 Å². The first-order valence-corrected chi connectivity index (χ1v) is 6.96. The molecule has 0 atom stereocenters. The summed E-state index contributed by atoms with van der Waals surface area (Å²) in [6.07, 6.45) is 4.85. The second-order valence-corrected chi connectivity index (χ2v) is 5.01. The fraction of sp³-hybridized carbons (Fsp3) is 0.312. The number of hydrogen-bond acceptors (Lipinski definition) is 3. The number of aryl methyl sites for hydroxylation is 2. The molecule has 0 bridgehead atoms. The Morgan fingerprint density at radius 3 is 2.52 bits per heavy atom. The molecule has 5 nitrogen and oxygen atoms in total. The monoisotopic (exact) mass is 286 g/mol. The summed E-state index contributed by atoms with van der Waals surface area (Å²) < 4.78 is 1.43. The van der Waals surface area contributed by atoms with E-state index in [4.69, 9.17) is 5.11 Å². The van der Waals surface area contributed by atoms with Crippen molar-refractivity contribution in [2.45, 2.75) is 33.1 Å². The van der Waals surface area contributed by atoms with Crippen LogP contribution in [0.15, 0.2) is 35.3 Å². The summed E-state index contributed by atoms with van der Waals surface area (Å²) in [5.41, 5.74) is 1.33. The molecular formula is C16H18N2O3. The van der Waals surface area contributed by atoms with E-state index in [9.17, 15) is 9.59 Å². The molecule has 0 saturated carbocycles. The van der Waals surface area contributed by atoms with Crippen molar-refractivity contribution in [3.05, 3.63) is 57.5 Å². The zero-order valence-corrected chi connectivity index (χ0v) is 12.2. The lowest BCUT2D eigenvalue weighted by Gasteiger charge is -2.08. The van der Waals surface area contributed by atoms with E-state index in [-0.39, 0.29) is 0 Å². The van der Waals surface area contributed by atoms with E-state index < -0.39 is 17.1 Å². The standard InChI is InChI=1S/C16H18N2O3/c1-3-4-5-12-6-8-13(9-7-12)18-10-11(2)15(19)14(17-18)16(20)21/h6-10H,3-5H2,1-2H3,(H,20,21). The molecule has 0 unspecified atom stereocenters. The summed E-state index contributed by atoms with van der Waals surface area (Å²) in [5.74, 6) is -1.31. The molecule has 0 spiro atoms. The van der Waals surface area contributed by atoms with Gasteiger partial charge in [-0.3, -0.25) is 4.79 Å². The summed E-state index contributed by atoms with van der Waals surface area (Å²) in [6.45, 7) is 3.73. The van der Waals surface area contributed by atoms with Crippen LogP contribution >= 0.6 is 0 Å². The third-order valence-corrected chi connectivity index (χ3v) is 3.32. The smallest absolute Gasteiger partial charge is 0.360 e. The van der Waals surface area contributed by atoms with Gasteiger partial charge in [0.15, 0.2) is 0 Å². The van der Waals surface area contributed by atoms with E-state index in [2.05, 4.69) is 12.0 Å². The molecule has 0 fully saturated rings. The van der Waals surface area contributed by atoms with E-state index in [1.54, 1.807) is 13.1 Å². The van der Waals surface area contributed by atoms with E-state index in [1.807, 2.05) is 24.3 Å². The third-order valence-electron chi connectivity index (χ3n) is 3.32. The first-order chi connectivity index (χ1) is 10.0. The zero-order valence-electron chi connectivity index (χ0n) is 12.2. The maximum Gasteiger partial charge on any atom is 0.360 e. The fourth-order valence-corrected chi connectivity index (χ4v) is 2.08. The molecule has 110 valence electrons. The number of nitrogens with zero attached hydrogens (tertiary/aromatic N) is 2. The minimum Gasteiger partial charge on any atom is -0.476 e. The van der Waals surface area contributed by atoms with Crippen LogP contribution in [0.2, 0.25) is 0 Å². The molecule has 1 N–H and O–H groups in total. The third kappa shape index (κ3) is 3.37. The van der Waals surface area contributed by atoms with Crippen LogP contribution in [0.3, 0.4) is 0 Å². The van der Waals surface area contributed by atoms with E-state index in [0.717, 1.165) is 24.9 Å². The number of carboxylic acids is 1. The summed E-state index contributed by atoms with van der Waals surface area (Å²) in [5, 5.41) is 12.9. The number of carboxylic acid groups (broad SMARTS) is 1. The van der Waals surface area contributed by atoms with E-state index in [0.29, 0.717) is 5.56 Å². The van der Waals surface area contributed by atoms with Gasteiger partial charge in [0.25, 0.3) is 0 Å². The lowest BCUT2D eigenvalue weighted by atomic mass is 10.1. The second-order valence-electron chi connectivity index (χ2n) is 5.01. The van der Waals surface area contributed by atoms with Crippen LogP contribution in [-0.4, -0.2) is 20.9 Å². The van der Waals surface area contributed by atoms with Crippen LogP contribution in [0.25, 0.3) is 5.69 Å². The van der Waals surface area contributed by atoms with Gasteiger partial charge in [0.05, 0.1) is 5.69 Å². The SMILES string of the molecule is CCCCc1ccc(-n2cc(C)c(=O)c(C(=O)O)n2)cc1. The van der Waals surface area contributed by atoms with Crippen LogP contribution in [-0.2, 0) is 6.42 Å². The van der Waals surface area contributed by atoms with Gasteiger partial charge in [-0.05, 0) is 37.5 Å². The van der Waals surface area contributed by atoms with Crippen molar-refractivity contribution in [2.75, 3.05) is 0 Å². The molecular weight excluding hydrogens is 268 g/mol. The number of rotatable bonds is 5. The predicted octanol–water partition coefficient (Wildman–Crippen LogP) is 2.58. The molecule has 1 aromatic heterocycles. The van der Waals surface area contributed by atoms with Gasteiger partial charge in [0.2, 0.25) is 11.1 Å². The topological polar surface area (TPSA) is 72.2 Å². The minimum atomic E-state index is -1.31. The van der Waals surface area contributed by atoms with E-state index in [1.165, 1.54) is 10.2 Å². The number of hydrogen-bond donors (Lipinski definition) is 1. The van der Waals surface area contributed by atoms with Crippen LogP contribution in [0, 0.1) is 6.92 Å². The molecule has 5 heteroatoms. The van der Waals surface area contributed by atoms with Crippen molar-refractivity contribution in [3.63, 3.8) is 0 Å². The predicted molar refractivity (Wildman–Crippen MR) is 80.1 cm³/mol. The first-order valence-electron chi connectivity index (χ1n) is 6.96. The van der Waals surface area contributed by atoms with Crippen molar-refractivity contribution in [1.82, 2.24) is 9.78 Å². The Balaban J connectivity index is 2.38. The maximum absolute atomic E-state index is 11.7. The van der Waals surface area contributed by atoms with Crippen molar-refractivity contribution in [3.8, 4) is 5.69 Å². The molecule has 0 aliphatic rings. The average Bonchev–Trinajstić information content (AvgIpc) is 2.48. The lowest BCUT2D eigenvalue weighted by Crippen LogP contribution is -2.23. The highest BCUT2D eigenvalue weighted by atomic mass is 16.4. The van der Waals surface area contributed by atoms with E-state index >= 15 is 0 Å². The van der Waals surface area contributed by atoms with Gasteiger partial charge in [-0.2, -0.15) is 5.10 Å². The molecule has 0 saturated heterocycles. The zero-order chi connectivity index (χ0) is 15.4. The van der Waals surface area contributed by atoms with Crippen molar-refractivity contribution in [1.29, 1.82) is 0 Å². The van der Waals surface area contributed by atoms with Crippen molar-refractivity contribution >= 4 is 5.97 Å². The lowest BCUT2D eigenvalue weighted by molar-refractivity contribution is 0.0686. The second kappa shape index (κ2) is 6.35. The van der Waals surface area contributed by atoms with Gasteiger partial charge in [0.1, 0.15) is 0 Å². The summed E-state index contributed by atoms with van der Waals surface area (Å²) >= 11 is 0. The van der Waals surface area contributed by atoms with Crippen LogP contribution < -0.4 is 5.43 Å². The molecule has 1 heterocycles. The van der Waals surface area contributed by atoms with Gasteiger partial charge in [-0.1, -0.05) is 25.5 Å². The van der Waals surface area contributed by atoms with Gasteiger partial charge in [-0.25, -0.2) is 9.48 Å². The molecule has 1 aromatic carbocycles. The Labute approximate surface area is 122 Å². The highest BCUT2D eigenvalue weighted by Gasteiger charge is 2.14. The Morgan fingerprint density at radius 1 is 1.29 bits per heavy atom. The molecule has 0 radical (unpaired) electrons. The van der Waals surface area contributed by atoms with Crippen LogP contribution in [0.4, 0.5) is 0 Å². The minimum absolute atomic E-state index is 0.359. The Kier molecular flexibility index (Phi) is 4.52. The van der Waals surface area contributed by atoms with Crippen LogP contribution in [0.5, 0.6) is 0 Å². The first kappa shape index (κ1) is 15.0. The molecule has 0 aliphatic carbocycles. The average molecular weight is 286 g/mol. The number of aromatic carboxylic acids is 1. The molecule has 21 heavy (non-hydrogen) atoms. The van der Waals surface area contributed by atoms with Gasteiger partial charge in [-0.15, -0.1) is 0 Å². The highest BCUT2D eigenvalue weighted by molar-refractivity contribution is 5.85. The Bertz CT molecular complexity index is 702.